The molecule has 1 heterocycles. The van der Waals surface area contributed by atoms with Crippen LogP contribution in [-0.4, -0.2) is 40.3 Å². The topological polar surface area (TPSA) is 43.7 Å². The molecule has 3 unspecified atom stereocenters. The van der Waals surface area contributed by atoms with Crippen molar-refractivity contribution >= 4 is 0 Å². The lowest BCUT2D eigenvalue weighted by molar-refractivity contribution is -0.0789. The van der Waals surface area contributed by atoms with Gasteiger partial charge >= 0.3 is 0 Å². The average molecular weight is 261 g/mol. The Balaban J connectivity index is 2.23. The summed E-state index contributed by atoms with van der Waals surface area (Å²) in [5, 5.41) is 21.0. The van der Waals surface area contributed by atoms with Crippen LogP contribution >= 0.6 is 0 Å². The molecule has 0 aromatic heterocycles. The highest BCUT2D eigenvalue weighted by molar-refractivity contribution is 5.46. The molecular weight excluding hydrogens is 238 g/mol. The summed E-state index contributed by atoms with van der Waals surface area (Å²) in [7, 11) is 2.11. The van der Waals surface area contributed by atoms with E-state index in [1.807, 2.05) is 19.1 Å². The van der Waals surface area contributed by atoms with Gasteiger partial charge in [0.1, 0.15) is 5.75 Å². The summed E-state index contributed by atoms with van der Waals surface area (Å²) in [6.07, 6.45) is 2.89. The predicted octanol–water partition coefficient (Wildman–Crippen LogP) is 2.05. The largest absolute Gasteiger partial charge is 0.508 e. The van der Waals surface area contributed by atoms with Gasteiger partial charge in [0.2, 0.25) is 0 Å². The summed E-state index contributed by atoms with van der Waals surface area (Å²) >= 11 is 0. The first kappa shape index (κ1) is 12.9. The molecule has 1 aromatic carbocycles. The monoisotopic (exact) mass is 261 g/mol. The van der Waals surface area contributed by atoms with E-state index in [1.165, 1.54) is 5.56 Å². The molecule has 1 aromatic rings. The van der Waals surface area contributed by atoms with E-state index < -0.39 is 5.60 Å². The van der Waals surface area contributed by atoms with E-state index in [9.17, 15) is 10.2 Å². The van der Waals surface area contributed by atoms with E-state index in [1.54, 1.807) is 6.07 Å². The van der Waals surface area contributed by atoms with Crippen molar-refractivity contribution in [3.8, 4) is 5.75 Å². The maximum absolute atomic E-state index is 11.2. The number of phenols is 1. The predicted molar refractivity (Wildman–Crippen MR) is 75.4 cm³/mol. The molecule has 104 valence electrons. The molecule has 1 fully saturated rings. The second-order valence-corrected chi connectivity index (χ2v) is 6.63. The molecule has 0 radical (unpaired) electrons. The fraction of sp³-hybridized carbons (Fsp3) is 0.625. The number of aliphatic hydroxyl groups is 1. The molecule has 1 aliphatic heterocycles. The summed E-state index contributed by atoms with van der Waals surface area (Å²) in [6, 6.07) is 5.78. The number of rotatable bonds is 0. The van der Waals surface area contributed by atoms with Crippen LogP contribution in [0.3, 0.4) is 0 Å². The van der Waals surface area contributed by atoms with Crippen LogP contribution in [0.2, 0.25) is 0 Å². The Morgan fingerprint density at radius 1 is 1.32 bits per heavy atom. The lowest BCUT2D eigenvalue weighted by Crippen LogP contribution is -2.62. The minimum absolute atomic E-state index is 0.150. The molecule has 1 aliphatic carbocycles. The number of hydrogen-bond donors (Lipinski definition) is 2. The quantitative estimate of drug-likeness (QED) is 0.751. The van der Waals surface area contributed by atoms with E-state index in [0.717, 1.165) is 31.4 Å². The van der Waals surface area contributed by atoms with Gasteiger partial charge in [0.05, 0.1) is 5.60 Å². The second-order valence-electron chi connectivity index (χ2n) is 6.63. The molecule has 0 saturated carbocycles. The Kier molecular flexibility index (Phi) is 2.70. The van der Waals surface area contributed by atoms with E-state index in [2.05, 4.69) is 18.9 Å². The van der Waals surface area contributed by atoms with Crippen molar-refractivity contribution in [1.29, 1.82) is 0 Å². The second kappa shape index (κ2) is 3.97. The van der Waals surface area contributed by atoms with Gasteiger partial charge in [-0.15, -0.1) is 0 Å². The maximum atomic E-state index is 11.2. The Hall–Kier alpha value is -1.06. The molecule has 2 N–H and O–H groups in total. The smallest absolute Gasteiger partial charge is 0.115 e. The van der Waals surface area contributed by atoms with Gasteiger partial charge in [-0.2, -0.15) is 0 Å². The molecule has 3 atom stereocenters. The lowest BCUT2D eigenvalue weighted by Gasteiger charge is -2.52. The van der Waals surface area contributed by atoms with Gasteiger partial charge in [0.25, 0.3) is 0 Å². The molecule has 0 amide bonds. The van der Waals surface area contributed by atoms with Gasteiger partial charge in [0, 0.05) is 11.5 Å². The Morgan fingerprint density at radius 3 is 2.79 bits per heavy atom. The molecule has 2 aliphatic rings. The van der Waals surface area contributed by atoms with Crippen LogP contribution in [0, 0.1) is 0 Å². The van der Waals surface area contributed by atoms with Crippen LogP contribution in [0.1, 0.15) is 37.8 Å². The minimum Gasteiger partial charge on any atom is -0.508 e. The third kappa shape index (κ3) is 1.65. The van der Waals surface area contributed by atoms with Crippen molar-refractivity contribution < 1.29 is 10.2 Å². The van der Waals surface area contributed by atoms with Gasteiger partial charge in [-0.3, -0.25) is 0 Å². The fourth-order valence-corrected chi connectivity index (χ4v) is 4.11. The molecule has 19 heavy (non-hydrogen) atoms. The van der Waals surface area contributed by atoms with E-state index in [-0.39, 0.29) is 11.5 Å². The number of nitrogens with zero attached hydrogens (tertiary/aromatic N) is 1. The Morgan fingerprint density at radius 2 is 2.05 bits per heavy atom. The summed E-state index contributed by atoms with van der Waals surface area (Å²) in [5.41, 5.74) is 1.35. The highest BCUT2D eigenvalue weighted by atomic mass is 16.3. The van der Waals surface area contributed by atoms with Crippen molar-refractivity contribution in [3.05, 3.63) is 29.3 Å². The minimum atomic E-state index is -0.765. The van der Waals surface area contributed by atoms with Gasteiger partial charge in [0.15, 0.2) is 0 Å². The SMILES string of the molecule is CN1CCCC2(C)c3cc(O)ccc3CC1C2(C)O. The van der Waals surface area contributed by atoms with Crippen molar-refractivity contribution in [2.45, 2.75) is 50.2 Å². The first-order valence-electron chi connectivity index (χ1n) is 7.11. The third-order valence-corrected chi connectivity index (χ3v) is 5.59. The van der Waals surface area contributed by atoms with E-state index in [0.29, 0.717) is 5.75 Å². The third-order valence-electron chi connectivity index (χ3n) is 5.59. The Labute approximate surface area is 114 Å². The zero-order valence-corrected chi connectivity index (χ0v) is 12.0. The normalized spacial score (nSPS) is 38.6. The van der Waals surface area contributed by atoms with Crippen molar-refractivity contribution in [3.63, 3.8) is 0 Å². The maximum Gasteiger partial charge on any atom is 0.115 e. The number of likely N-dealkylation sites (N-methyl/N-ethyl adjacent to an activating group) is 1. The summed E-state index contributed by atoms with van der Waals surface area (Å²) in [6.45, 7) is 5.14. The first-order valence-corrected chi connectivity index (χ1v) is 7.11. The number of benzene rings is 1. The first-order chi connectivity index (χ1) is 8.86. The molecule has 3 heteroatoms. The van der Waals surface area contributed by atoms with Crippen LogP contribution in [0.4, 0.5) is 0 Å². The van der Waals surface area contributed by atoms with Crippen LogP contribution in [0.25, 0.3) is 0 Å². The molecule has 0 spiro atoms. The summed E-state index contributed by atoms with van der Waals surface area (Å²) in [5.74, 6) is 0.298. The van der Waals surface area contributed by atoms with Crippen LogP contribution in [-0.2, 0) is 11.8 Å². The van der Waals surface area contributed by atoms with Crippen molar-refractivity contribution in [2.75, 3.05) is 13.6 Å². The Bertz CT molecular complexity index is 511. The highest BCUT2D eigenvalue weighted by Crippen LogP contribution is 2.50. The lowest BCUT2D eigenvalue weighted by atomic mass is 9.59. The van der Waals surface area contributed by atoms with Gasteiger partial charge < -0.3 is 15.1 Å². The number of hydrogen-bond acceptors (Lipinski definition) is 3. The van der Waals surface area contributed by atoms with Crippen molar-refractivity contribution in [2.24, 2.45) is 0 Å². The zero-order chi connectivity index (χ0) is 13.8. The number of likely N-dealkylation sites (tertiary alicyclic amines) is 1. The van der Waals surface area contributed by atoms with Gasteiger partial charge in [-0.25, -0.2) is 0 Å². The molecule has 3 nitrogen and oxygen atoms in total. The average Bonchev–Trinajstić information content (AvgIpc) is 2.39. The molecular formula is C16H23NO2. The molecule has 2 bridgehead atoms. The van der Waals surface area contributed by atoms with E-state index >= 15 is 0 Å². The summed E-state index contributed by atoms with van der Waals surface area (Å²) < 4.78 is 0. The van der Waals surface area contributed by atoms with Crippen LogP contribution < -0.4 is 0 Å². The molecule has 3 rings (SSSR count). The zero-order valence-electron chi connectivity index (χ0n) is 12.0. The number of aromatic hydroxyl groups is 1. The fourth-order valence-electron chi connectivity index (χ4n) is 4.11. The number of fused-ring (bicyclic) bond motifs is 4. The standard InChI is InChI=1S/C16H23NO2/c1-15-7-4-8-17(3)14(16(15,2)19)9-11-5-6-12(18)10-13(11)15/h5-6,10,14,18-19H,4,7-9H2,1-3H3. The van der Waals surface area contributed by atoms with Crippen LogP contribution in [0.15, 0.2) is 18.2 Å². The number of phenolic OH excluding ortho intramolecular Hbond substituents is 1. The van der Waals surface area contributed by atoms with Gasteiger partial charge in [-0.05, 0) is 63.0 Å². The van der Waals surface area contributed by atoms with E-state index in [4.69, 9.17) is 0 Å². The van der Waals surface area contributed by atoms with Gasteiger partial charge in [-0.1, -0.05) is 13.0 Å². The summed E-state index contributed by atoms with van der Waals surface area (Å²) in [4.78, 5) is 2.29. The van der Waals surface area contributed by atoms with Crippen LogP contribution in [0.5, 0.6) is 5.75 Å². The molecule has 1 saturated heterocycles. The highest BCUT2D eigenvalue weighted by Gasteiger charge is 2.55. The van der Waals surface area contributed by atoms with Crippen molar-refractivity contribution in [1.82, 2.24) is 4.90 Å².